The predicted molar refractivity (Wildman–Crippen MR) is 54.3 cm³/mol. The minimum absolute atomic E-state index is 0.413. The molecule has 3 heteroatoms. The number of benzene rings is 1. The summed E-state index contributed by atoms with van der Waals surface area (Å²) in [6.07, 6.45) is -0.413. The van der Waals surface area contributed by atoms with Crippen LogP contribution in [0.4, 0.5) is 0 Å². The van der Waals surface area contributed by atoms with Gasteiger partial charge in [0.2, 0.25) is 0 Å². The first kappa shape index (κ1) is 9.49. The van der Waals surface area contributed by atoms with Gasteiger partial charge in [-0.15, -0.1) is 0 Å². The van der Waals surface area contributed by atoms with Gasteiger partial charge in [0.1, 0.15) is 12.4 Å². The molecule has 0 amide bonds. The van der Waals surface area contributed by atoms with E-state index in [0.29, 0.717) is 6.61 Å². The second-order valence-electron chi connectivity index (χ2n) is 3.57. The molecular weight excluding hydrogens is 178 g/mol. The van der Waals surface area contributed by atoms with Crippen LogP contribution in [0.2, 0.25) is 0 Å². The smallest absolute Gasteiger partial charge is 0.123 e. The number of fused-ring (bicyclic) bond motifs is 1. The molecule has 1 aliphatic heterocycles. The number of ether oxygens (including phenoxy) is 1. The van der Waals surface area contributed by atoms with E-state index in [1.165, 1.54) is 0 Å². The molecule has 1 unspecified atom stereocenters. The zero-order valence-electron chi connectivity index (χ0n) is 8.29. The van der Waals surface area contributed by atoms with E-state index in [9.17, 15) is 5.11 Å². The highest BCUT2D eigenvalue weighted by molar-refractivity contribution is 5.38. The third kappa shape index (κ3) is 1.89. The summed E-state index contributed by atoms with van der Waals surface area (Å²) in [6.45, 7) is 4.17. The van der Waals surface area contributed by atoms with Crippen LogP contribution in [0.1, 0.15) is 24.2 Å². The quantitative estimate of drug-likeness (QED) is 0.704. The second-order valence-corrected chi connectivity index (χ2v) is 3.57. The van der Waals surface area contributed by atoms with Crippen LogP contribution in [0.25, 0.3) is 0 Å². The van der Waals surface area contributed by atoms with Gasteiger partial charge >= 0.3 is 0 Å². The van der Waals surface area contributed by atoms with E-state index in [-0.39, 0.29) is 0 Å². The van der Waals surface area contributed by atoms with E-state index in [2.05, 4.69) is 5.32 Å². The predicted octanol–water partition coefficient (Wildman–Crippen LogP) is 1.22. The SMILES string of the molecule is CC(O)c1ccc2c(c1)CNCCO2. The molecular formula is C11H15NO2. The third-order valence-electron chi connectivity index (χ3n) is 2.42. The minimum atomic E-state index is -0.413. The maximum Gasteiger partial charge on any atom is 0.123 e. The molecule has 0 fully saturated rings. The highest BCUT2D eigenvalue weighted by Gasteiger charge is 2.10. The van der Waals surface area contributed by atoms with Crippen LogP contribution in [0, 0.1) is 0 Å². The molecule has 2 N–H and O–H groups in total. The standard InChI is InChI=1S/C11H15NO2/c1-8(13)9-2-3-11-10(6-9)7-12-4-5-14-11/h2-3,6,8,12-13H,4-5,7H2,1H3. The first-order valence-corrected chi connectivity index (χ1v) is 4.92. The molecule has 1 heterocycles. The molecule has 0 spiro atoms. The zero-order valence-corrected chi connectivity index (χ0v) is 8.29. The molecule has 0 saturated heterocycles. The van der Waals surface area contributed by atoms with Crippen molar-refractivity contribution in [3.8, 4) is 5.75 Å². The lowest BCUT2D eigenvalue weighted by Gasteiger charge is -2.10. The first-order chi connectivity index (χ1) is 6.77. The zero-order chi connectivity index (χ0) is 9.97. The van der Waals surface area contributed by atoms with E-state index in [4.69, 9.17) is 4.74 Å². The van der Waals surface area contributed by atoms with Crippen molar-refractivity contribution in [1.29, 1.82) is 0 Å². The van der Waals surface area contributed by atoms with Crippen LogP contribution >= 0.6 is 0 Å². The van der Waals surface area contributed by atoms with Crippen LogP contribution < -0.4 is 10.1 Å². The van der Waals surface area contributed by atoms with Crippen molar-refractivity contribution >= 4 is 0 Å². The maximum atomic E-state index is 9.43. The summed E-state index contributed by atoms with van der Waals surface area (Å²) in [5, 5.41) is 12.7. The fourth-order valence-electron chi connectivity index (χ4n) is 1.59. The lowest BCUT2D eigenvalue weighted by atomic mass is 10.1. The van der Waals surface area contributed by atoms with Gasteiger partial charge in [-0.3, -0.25) is 0 Å². The fourth-order valence-corrected chi connectivity index (χ4v) is 1.59. The number of nitrogens with one attached hydrogen (secondary N) is 1. The normalized spacial score (nSPS) is 17.9. The summed E-state index contributed by atoms with van der Waals surface area (Å²) >= 11 is 0. The molecule has 0 bridgehead atoms. The molecule has 1 aromatic carbocycles. The highest BCUT2D eigenvalue weighted by Crippen LogP contribution is 2.24. The van der Waals surface area contributed by atoms with Crippen molar-refractivity contribution < 1.29 is 9.84 Å². The molecule has 2 rings (SSSR count). The largest absolute Gasteiger partial charge is 0.492 e. The summed E-state index contributed by atoms with van der Waals surface area (Å²) in [5.74, 6) is 0.930. The topological polar surface area (TPSA) is 41.5 Å². The van der Waals surface area contributed by atoms with Crippen LogP contribution in [0.3, 0.4) is 0 Å². The molecule has 14 heavy (non-hydrogen) atoms. The Balaban J connectivity index is 2.32. The number of aliphatic hydroxyl groups is 1. The Hall–Kier alpha value is -1.06. The Morgan fingerprint density at radius 1 is 1.50 bits per heavy atom. The van der Waals surface area contributed by atoms with Gasteiger partial charge in [0.15, 0.2) is 0 Å². The Bertz CT molecular complexity index is 323. The molecule has 0 saturated carbocycles. The Labute approximate surface area is 83.7 Å². The number of rotatable bonds is 1. The first-order valence-electron chi connectivity index (χ1n) is 4.92. The van der Waals surface area contributed by atoms with Gasteiger partial charge in [-0.05, 0) is 24.6 Å². The van der Waals surface area contributed by atoms with Crippen molar-refractivity contribution in [3.05, 3.63) is 29.3 Å². The van der Waals surface area contributed by atoms with Crippen LogP contribution in [0.5, 0.6) is 5.75 Å². The number of hydrogen-bond donors (Lipinski definition) is 2. The van der Waals surface area contributed by atoms with Crippen LogP contribution in [0.15, 0.2) is 18.2 Å². The molecule has 1 atom stereocenters. The van der Waals surface area contributed by atoms with Crippen molar-refractivity contribution in [2.75, 3.05) is 13.2 Å². The van der Waals surface area contributed by atoms with Gasteiger partial charge in [0.05, 0.1) is 6.10 Å². The minimum Gasteiger partial charge on any atom is -0.492 e. The van der Waals surface area contributed by atoms with Crippen molar-refractivity contribution in [2.45, 2.75) is 19.6 Å². The van der Waals surface area contributed by atoms with E-state index in [1.807, 2.05) is 18.2 Å². The van der Waals surface area contributed by atoms with Gasteiger partial charge in [-0.1, -0.05) is 6.07 Å². The van der Waals surface area contributed by atoms with E-state index in [0.717, 1.165) is 30.0 Å². The van der Waals surface area contributed by atoms with E-state index < -0.39 is 6.10 Å². The number of hydrogen-bond acceptors (Lipinski definition) is 3. The summed E-state index contributed by atoms with van der Waals surface area (Å²) in [6, 6.07) is 5.84. The lowest BCUT2D eigenvalue weighted by Crippen LogP contribution is -2.16. The Kier molecular flexibility index (Phi) is 2.70. The van der Waals surface area contributed by atoms with Gasteiger partial charge < -0.3 is 15.2 Å². The van der Waals surface area contributed by atoms with Crippen LogP contribution in [-0.2, 0) is 6.54 Å². The summed E-state index contributed by atoms with van der Waals surface area (Å²) in [5.41, 5.74) is 2.07. The monoisotopic (exact) mass is 193 g/mol. The molecule has 0 radical (unpaired) electrons. The van der Waals surface area contributed by atoms with E-state index in [1.54, 1.807) is 6.92 Å². The van der Waals surface area contributed by atoms with E-state index >= 15 is 0 Å². The lowest BCUT2D eigenvalue weighted by molar-refractivity contribution is 0.199. The van der Waals surface area contributed by atoms with Crippen molar-refractivity contribution in [1.82, 2.24) is 5.32 Å². The molecule has 0 aliphatic carbocycles. The Morgan fingerprint density at radius 2 is 2.36 bits per heavy atom. The summed E-state index contributed by atoms with van der Waals surface area (Å²) in [7, 11) is 0. The second kappa shape index (κ2) is 3.98. The molecule has 0 aromatic heterocycles. The summed E-state index contributed by atoms with van der Waals surface area (Å²) in [4.78, 5) is 0. The van der Waals surface area contributed by atoms with Gasteiger partial charge in [0, 0.05) is 18.7 Å². The van der Waals surface area contributed by atoms with Crippen LogP contribution in [-0.4, -0.2) is 18.3 Å². The highest BCUT2D eigenvalue weighted by atomic mass is 16.5. The maximum absolute atomic E-state index is 9.43. The van der Waals surface area contributed by atoms with Gasteiger partial charge in [-0.2, -0.15) is 0 Å². The molecule has 1 aliphatic rings. The van der Waals surface area contributed by atoms with Gasteiger partial charge in [0.25, 0.3) is 0 Å². The van der Waals surface area contributed by atoms with Gasteiger partial charge in [-0.25, -0.2) is 0 Å². The number of aliphatic hydroxyl groups excluding tert-OH is 1. The average molecular weight is 193 g/mol. The van der Waals surface area contributed by atoms with Crippen molar-refractivity contribution in [2.24, 2.45) is 0 Å². The average Bonchev–Trinajstić information content (AvgIpc) is 2.41. The third-order valence-corrected chi connectivity index (χ3v) is 2.42. The molecule has 3 nitrogen and oxygen atoms in total. The molecule has 1 aromatic rings. The van der Waals surface area contributed by atoms with Crippen molar-refractivity contribution in [3.63, 3.8) is 0 Å². The molecule has 76 valence electrons. The fraction of sp³-hybridized carbons (Fsp3) is 0.455. The summed E-state index contributed by atoms with van der Waals surface area (Å²) < 4.78 is 5.54. The Morgan fingerprint density at radius 3 is 3.14 bits per heavy atom.